The molecule has 37 heavy (non-hydrogen) atoms. The van der Waals surface area contributed by atoms with E-state index in [2.05, 4.69) is 125 Å². The maximum atomic E-state index is 6.33. The minimum atomic E-state index is -0.310. The summed E-state index contributed by atoms with van der Waals surface area (Å²) in [6, 6.07) is 35.4. The monoisotopic (exact) mass is 496 g/mol. The Morgan fingerprint density at radius 3 is 1.97 bits per heavy atom. The number of aryl methyl sites for hydroxylation is 3. The van der Waals surface area contributed by atoms with E-state index in [0.717, 1.165) is 11.5 Å². The Morgan fingerprint density at radius 2 is 1.30 bits per heavy atom. The van der Waals surface area contributed by atoms with Crippen molar-refractivity contribution in [3.63, 3.8) is 0 Å². The Balaban J connectivity index is 1.49. The molecule has 2 heterocycles. The summed E-state index contributed by atoms with van der Waals surface area (Å²) < 4.78 is 9.02. The molecule has 0 amide bonds. The first-order valence-corrected chi connectivity index (χ1v) is 13.7. The van der Waals surface area contributed by atoms with Crippen LogP contribution >= 0.6 is 11.3 Å². The predicted octanol–water partition coefficient (Wildman–Crippen LogP) is 10.1. The number of ether oxygens (including phenoxy) is 1. The molecule has 0 saturated heterocycles. The fraction of sp³-hybridized carbons (Fsp3) is 0.143. The highest BCUT2D eigenvalue weighted by atomic mass is 32.1. The van der Waals surface area contributed by atoms with Gasteiger partial charge in [0.25, 0.3) is 0 Å². The van der Waals surface area contributed by atoms with Crippen LogP contribution in [0.1, 0.15) is 40.3 Å². The maximum Gasteiger partial charge on any atom is 0.131 e. The third-order valence-corrected chi connectivity index (χ3v) is 9.31. The van der Waals surface area contributed by atoms with E-state index in [1.54, 1.807) is 0 Å². The molecule has 180 valence electrons. The molecule has 0 N–H and O–H groups in total. The van der Waals surface area contributed by atoms with E-state index in [9.17, 15) is 0 Å². The first-order valence-electron chi connectivity index (χ1n) is 12.9. The van der Waals surface area contributed by atoms with E-state index < -0.39 is 0 Å². The van der Waals surface area contributed by atoms with Crippen molar-refractivity contribution in [1.29, 1.82) is 0 Å². The lowest BCUT2D eigenvalue weighted by Gasteiger charge is -2.38. The van der Waals surface area contributed by atoms with Crippen LogP contribution < -0.4 is 4.74 Å². The zero-order chi connectivity index (χ0) is 25.3. The number of benzene rings is 5. The molecule has 0 spiro atoms. The zero-order valence-electron chi connectivity index (χ0n) is 21.6. The summed E-state index contributed by atoms with van der Waals surface area (Å²) in [5, 5.41) is 2.65. The molecule has 0 bridgehead atoms. The highest BCUT2D eigenvalue weighted by Gasteiger charge is 2.39. The van der Waals surface area contributed by atoms with Gasteiger partial charge in [-0.3, -0.25) is 0 Å². The van der Waals surface area contributed by atoms with Gasteiger partial charge in [0.2, 0.25) is 0 Å². The Bertz CT molecular complexity index is 1790. The summed E-state index contributed by atoms with van der Waals surface area (Å²) in [5.74, 6) is 1.87. The summed E-state index contributed by atoms with van der Waals surface area (Å²) in [6.45, 7) is 8.99. The molecule has 0 fully saturated rings. The molecule has 1 aromatic heterocycles. The van der Waals surface area contributed by atoms with Crippen molar-refractivity contribution < 1.29 is 4.74 Å². The van der Waals surface area contributed by atoms with Crippen LogP contribution in [0.2, 0.25) is 0 Å². The minimum absolute atomic E-state index is 0.310. The Morgan fingerprint density at radius 1 is 0.649 bits per heavy atom. The average molecular weight is 497 g/mol. The van der Waals surface area contributed by atoms with E-state index in [1.807, 2.05) is 11.3 Å². The predicted molar refractivity (Wildman–Crippen MR) is 157 cm³/mol. The molecule has 0 radical (unpaired) electrons. The lowest BCUT2D eigenvalue weighted by molar-refractivity contribution is 0.427. The van der Waals surface area contributed by atoms with Crippen molar-refractivity contribution in [3.8, 4) is 22.6 Å². The van der Waals surface area contributed by atoms with E-state index >= 15 is 0 Å². The maximum absolute atomic E-state index is 6.33. The summed E-state index contributed by atoms with van der Waals surface area (Å²) in [4.78, 5) is 0. The third kappa shape index (κ3) is 3.22. The van der Waals surface area contributed by atoms with E-state index in [4.69, 9.17) is 4.74 Å². The molecular formula is C35H28OS. The SMILES string of the molecule is Cc1cc(C)c(-c2cccc3c2sc2ccc(C4(C)c5ccccc5Oc5ccccc54)cc23)c(C)c1. The number of hydrogen-bond donors (Lipinski definition) is 0. The number of hydrogen-bond acceptors (Lipinski definition) is 2. The molecule has 6 aromatic rings. The Kier molecular flexibility index (Phi) is 4.86. The Labute approximate surface area is 222 Å². The van der Waals surface area contributed by atoms with Crippen LogP contribution in [-0.4, -0.2) is 0 Å². The van der Waals surface area contributed by atoms with E-state index in [-0.39, 0.29) is 5.41 Å². The van der Waals surface area contributed by atoms with Crippen LogP contribution in [-0.2, 0) is 5.41 Å². The van der Waals surface area contributed by atoms with Crippen LogP contribution in [0.5, 0.6) is 11.5 Å². The molecular weight excluding hydrogens is 468 g/mol. The molecule has 0 aliphatic carbocycles. The standard InChI is InChI=1S/C35H28OS/c1-21-18-22(2)33(23(3)19-21)26-11-9-10-25-27-20-24(16-17-32(27)37-34(25)26)35(4)28-12-5-7-14-30(28)36-31-15-8-6-13-29(31)35/h5-20H,1-4H3. The van der Waals surface area contributed by atoms with Gasteiger partial charge in [0.05, 0.1) is 0 Å². The average Bonchev–Trinajstić information content (AvgIpc) is 3.27. The highest BCUT2D eigenvalue weighted by molar-refractivity contribution is 7.26. The quantitative estimate of drug-likeness (QED) is 0.232. The lowest BCUT2D eigenvalue weighted by atomic mass is 9.69. The van der Waals surface area contributed by atoms with Crippen molar-refractivity contribution in [2.75, 3.05) is 0 Å². The van der Waals surface area contributed by atoms with E-state index in [0.29, 0.717) is 0 Å². The van der Waals surface area contributed by atoms with Gasteiger partial charge in [-0.15, -0.1) is 11.3 Å². The summed E-state index contributed by atoms with van der Waals surface area (Å²) >= 11 is 1.91. The van der Waals surface area contributed by atoms with Gasteiger partial charge in [0, 0.05) is 42.3 Å². The number of rotatable bonds is 2. The first kappa shape index (κ1) is 22.3. The minimum Gasteiger partial charge on any atom is -0.457 e. The molecule has 2 heteroatoms. The number of para-hydroxylation sites is 2. The largest absolute Gasteiger partial charge is 0.457 e. The fourth-order valence-electron chi connectivity index (χ4n) is 6.42. The van der Waals surface area contributed by atoms with Crippen LogP contribution in [0.25, 0.3) is 31.3 Å². The number of fused-ring (bicyclic) bond motifs is 5. The van der Waals surface area contributed by atoms with Crippen LogP contribution in [0.3, 0.4) is 0 Å². The van der Waals surface area contributed by atoms with E-state index in [1.165, 1.54) is 64.7 Å². The van der Waals surface area contributed by atoms with Crippen molar-refractivity contribution in [3.05, 3.63) is 130 Å². The molecule has 7 rings (SSSR count). The second-order valence-corrected chi connectivity index (χ2v) is 11.5. The normalized spacial score (nSPS) is 13.8. The van der Waals surface area contributed by atoms with Crippen molar-refractivity contribution in [1.82, 2.24) is 0 Å². The lowest BCUT2D eigenvalue weighted by Crippen LogP contribution is -2.29. The topological polar surface area (TPSA) is 9.23 Å². The Hall–Kier alpha value is -3.88. The van der Waals surface area contributed by atoms with Gasteiger partial charge in [0.1, 0.15) is 11.5 Å². The van der Waals surface area contributed by atoms with Crippen LogP contribution in [0.4, 0.5) is 0 Å². The van der Waals surface area contributed by atoms with Crippen molar-refractivity contribution >= 4 is 31.5 Å². The van der Waals surface area contributed by atoms with Gasteiger partial charge < -0.3 is 4.74 Å². The van der Waals surface area contributed by atoms with Gasteiger partial charge in [0.15, 0.2) is 0 Å². The van der Waals surface area contributed by atoms with Crippen LogP contribution in [0.15, 0.2) is 97.1 Å². The van der Waals surface area contributed by atoms with Gasteiger partial charge >= 0.3 is 0 Å². The van der Waals surface area contributed by atoms with Gasteiger partial charge in [-0.1, -0.05) is 78.4 Å². The fourth-order valence-corrected chi connectivity index (χ4v) is 7.63. The number of thiophene rings is 1. The molecule has 1 aliphatic heterocycles. The third-order valence-electron chi connectivity index (χ3n) is 8.09. The molecule has 0 unspecified atom stereocenters. The van der Waals surface area contributed by atoms with Crippen molar-refractivity contribution in [2.45, 2.75) is 33.1 Å². The second-order valence-electron chi connectivity index (χ2n) is 10.5. The zero-order valence-corrected chi connectivity index (χ0v) is 22.4. The summed E-state index contributed by atoms with van der Waals surface area (Å²) in [5.41, 5.74) is 10.1. The highest BCUT2D eigenvalue weighted by Crippen LogP contribution is 2.52. The molecule has 0 saturated carbocycles. The van der Waals surface area contributed by atoms with Crippen LogP contribution in [0, 0.1) is 20.8 Å². The van der Waals surface area contributed by atoms with Crippen molar-refractivity contribution in [2.24, 2.45) is 0 Å². The molecule has 1 nitrogen and oxygen atoms in total. The molecule has 5 aromatic carbocycles. The first-order chi connectivity index (χ1) is 17.9. The molecule has 0 atom stereocenters. The van der Waals surface area contributed by atoms with Gasteiger partial charge in [-0.2, -0.15) is 0 Å². The summed E-state index contributed by atoms with van der Waals surface area (Å²) in [7, 11) is 0. The van der Waals surface area contributed by atoms with Gasteiger partial charge in [-0.25, -0.2) is 0 Å². The smallest absolute Gasteiger partial charge is 0.131 e. The second kappa shape index (κ2) is 8.06. The summed E-state index contributed by atoms with van der Waals surface area (Å²) in [6.07, 6.45) is 0. The van der Waals surface area contributed by atoms with Gasteiger partial charge in [-0.05, 0) is 74.2 Å². The molecule has 1 aliphatic rings.